The average Bonchev–Trinajstić information content (AvgIpc) is 2.79. The predicted molar refractivity (Wildman–Crippen MR) is 124 cm³/mol. The monoisotopic (exact) mass is 440 g/mol. The van der Waals surface area contributed by atoms with Crippen LogP contribution >= 0.6 is 11.6 Å². The van der Waals surface area contributed by atoms with E-state index in [1.54, 1.807) is 20.4 Å². The predicted octanol–water partition coefficient (Wildman–Crippen LogP) is 5.72. The Bertz CT molecular complexity index is 1040. The Morgan fingerprint density at radius 1 is 1.00 bits per heavy atom. The highest BCUT2D eigenvalue weighted by Gasteiger charge is 2.35. The number of hydrogen-bond acceptors (Lipinski definition) is 5. The third-order valence-electron chi connectivity index (χ3n) is 6.50. The second kappa shape index (κ2) is 8.93. The smallest absolute Gasteiger partial charge is 0.221 e. The van der Waals surface area contributed by atoms with Crippen molar-refractivity contribution in [1.29, 1.82) is 0 Å². The lowest BCUT2D eigenvalue weighted by atomic mass is 9.72. The summed E-state index contributed by atoms with van der Waals surface area (Å²) in [6.07, 6.45) is 5.76. The summed E-state index contributed by atoms with van der Waals surface area (Å²) in [5.41, 5.74) is 7.54. The Labute approximate surface area is 188 Å². The van der Waals surface area contributed by atoms with Gasteiger partial charge in [0.05, 0.1) is 25.3 Å². The van der Waals surface area contributed by atoms with Crippen molar-refractivity contribution in [2.45, 2.75) is 44.2 Å². The summed E-state index contributed by atoms with van der Waals surface area (Å²) in [7, 11) is 3.28. The molecule has 1 saturated carbocycles. The fraction of sp³-hybridized carbons (Fsp3) is 0.400. The van der Waals surface area contributed by atoms with Gasteiger partial charge in [-0.1, -0.05) is 23.7 Å². The molecule has 2 aromatic carbocycles. The standard InChI is InChI=1S/C25H29ClN2O3/c1-25(27,17-4-8-19(29-2)9-5-17)18-6-10-20(11-7-18)31-23-14-16-12-13-28-24(30-3)21(16)15-22(23)26/h4-5,8-9,12-15,18,20H,6-7,10-11,27H2,1-3H3. The van der Waals surface area contributed by atoms with Crippen LogP contribution in [0.2, 0.25) is 5.02 Å². The zero-order chi connectivity index (χ0) is 22.0. The number of nitrogens with zero attached hydrogens (tertiary/aromatic N) is 1. The quantitative estimate of drug-likeness (QED) is 0.531. The zero-order valence-corrected chi connectivity index (χ0v) is 19.0. The lowest BCUT2D eigenvalue weighted by Crippen LogP contribution is -2.44. The van der Waals surface area contributed by atoms with Gasteiger partial charge >= 0.3 is 0 Å². The first kappa shape index (κ1) is 21.7. The van der Waals surface area contributed by atoms with Crippen molar-refractivity contribution < 1.29 is 14.2 Å². The maximum Gasteiger partial charge on any atom is 0.221 e. The molecule has 6 heteroatoms. The van der Waals surface area contributed by atoms with Crippen molar-refractivity contribution in [2.75, 3.05) is 14.2 Å². The molecule has 1 atom stereocenters. The van der Waals surface area contributed by atoms with Crippen molar-refractivity contribution >= 4 is 22.4 Å². The zero-order valence-electron chi connectivity index (χ0n) is 18.2. The van der Waals surface area contributed by atoms with Crippen LogP contribution in [0.3, 0.4) is 0 Å². The van der Waals surface area contributed by atoms with E-state index in [0.29, 0.717) is 22.6 Å². The molecule has 164 valence electrons. The number of pyridine rings is 1. The minimum atomic E-state index is -0.388. The molecule has 1 heterocycles. The summed E-state index contributed by atoms with van der Waals surface area (Å²) in [5, 5.41) is 2.45. The van der Waals surface area contributed by atoms with Gasteiger partial charge in [0.2, 0.25) is 5.88 Å². The van der Waals surface area contributed by atoms with Gasteiger partial charge in [0.25, 0.3) is 0 Å². The van der Waals surface area contributed by atoms with E-state index in [-0.39, 0.29) is 11.6 Å². The van der Waals surface area contributed by atoms with Gasteiger partial charge in [0, 0.05) is 17.1 Å². The van der Waals surface area contributed by atoms with Gasteiger partial charge in [-0.3, -0.25) is 0 Å². The normalized spacial score (nSPS) is 20.8. The lowest BCUT2D eigenvalue weighted by molar-refractivity contribution is 0.104. The minimum Gasteiger partial charge on any atom is -0.497 e. The van der Waals surface area contributed by atoms with Crippen LogP contribution in [-0.4, -0.2) is 25.3 Å². The summed E-state index contributed by atoms with van der Waals surface area (Å²) in [5.74, 6) is 2.50. The molecular formula is C25H29ClN2O3. The van der Waals surface area contributed by atoms with Gasteiger partial charge < -0.3 is 19.9 Å². The molecule has 0 saturated heterocycles. The Morgan fingerprint density at radius 2 is 1.71 bits per heavy atom. The molecular weight excluding hydrogens is 412 g/mol. The average molecular weight is 441 g/mol. The Balaban J connectivity index is 1.43. The number of hydrogen-bond donors (Lipinski definition) is 1. The molecule has 2 N–H and O–H groups in total. The highest BCUT2D eigenvalue weighted by molar-refractivity contribution is 6.33. The van der Waals surface area contributed by atoms with Gasteiger partial charge in [0.15, 0.2) is 0 Å². The maximum absolute atomic E-state index is 6.80. The lowest BCUT2D eigenvalue weighted by Gasteiger charge is -2.39. The highest BCUT2D eigenvalue weighted by Crippen LogP contribution is 2.40. The van der Waals surface area contributed by atoms with E-state index < -0.39 is 0 Å². The molecule has 0 aliphatic heterocycles. The van der Waals surface area contributed by atoms with E-state index in [1.165, 1.54) is 0 Å². The van der Waals surface area contributed by atoms with Crippen molar-refractivity contribution in [1.82, 2.24) is 4.98 Å². The third-order valence-corrected chi connectivity index (χ3v) is 6.80. The molecule has 1 aromatic heterocycles. The second-order valence-electron chi connectivity index (χ2n) is 8.43. The molecule has 1 aliphatic rings. The molecule has 3 aromatic rings. The number of methoxy groups -OCH3 is 2. The van der Waals surface area contributed by atoms with Crippen LogP contribution in [0.4, 0.5) is 0 Å². The van der Waals surface area contributed by atoms with Crippen LogP contribution in [-0.2, 0) is 5.54 Å². The summed E-state index contributed by atoms with van der Waals surface area (Å²) < 4.78 is 16.9. The van der Waals surface area contributed by atoms with Crippen LogP contribution < -0.4 is 19.9 Å². The summed E-state index contributed by atoms with van der Waals surface area (Å²) in [6, 6.07) is 13.9. The fourth-order valence-electron chi connectivity index (χ4n) is 4.55. The summed E-state index contributed by atoms with van der Waals surface area (Å²) in [6.45, 7) is 2.13. The van der Waals surface area contributed by atoms with E-state index in [0.717, 1.165) is 47.8 Å². The number of rotatable bonds is 6. The first-order valence-electron chi connectivity index (χ1n) is 10.6. The number of fused-ring (bicyclic) bond motifs is 1. The number of aromatic nitrogens is 1. The minimum absolute atomic E-state index is 0.126. The number of ether oxygens (including phenoxy) is 3. The van der Waals surface area contributed by atoms with E-state index in [1.807, 2.05) is 30.3 Å². The van der Waals surface area contributed by atoms with Crippen LogP contribution in [0.15, 0.2) is 48.7 Å². The van der Waals surface area contributed by atoms with Crippen LogP contribution in [0.1, 0.15) is 38.2 Å². The number of benzene rings is 2. The summed E-state index contributed by atoms with van der Waals surface area (Å²) in [4.78, 5) is 4.24. The van der Waals surface area contributed by atoms with E-state index >= 15 is 0 Å². The largest absolute Gasteiger partial charge is 0.497 e. The van der Waals surface area contributed by atoms with Gasteiger partial charge in [-0.2, -0.15) is 0 Å². The molecule has 31 heavy (non-hydrogen) atoms. The maximum atomic E-state index is 6.80. The van der Waals surface area contributed by atoms with Gasteiger partial charge in [-0.05, 0) is 79.8 Å². The first-order valence-corrected chi connectivity index (χ1v) is 11.0. The molecule has 4 rings (SSSR count). The highest BCUT2D eigenvalue weighted by atomic mass is 35.5. The first-order chi connectivity index (χ1) is 14.9. The van der Waals surface area contributed by atoms with E-state index in [9.17, 15) is 0 Å². The van der Waals surface area contributed by atoms with E-state index in [2.05, 4.69) is 24.0 Å². The number of halogens is 1. The van der Waals surface area contributed by atoms with Crippen LogP contribution in [0, 0.1) is 5.92 Å². The van der Waals surface area contributed by atoms with Crippen molar-refractivity contribution in [2.24, 2.45) is 11.7 Å². The molecule has 1 aliphatic carbocycles. The van der Waals surface area contributed by atoms with Crippen LogP contribution in [0.25, 0.3) is 10.8 Å². The molecule has 5 nitrogen and oxygen atoms in total. The summed E-state index contributed by atoms with van der Waals surface area (Å²) >= 11 is 6.52. The van der Waals surface area contributed by atoms with E-state index in [4.69, 9.17) is 31.5 Å². The topological polar surface area (TPSA) is 66.6 Å². The molecule has 1 unspecified atom stereocenters. The molecule has 0 spiro atoms. The Hall–Kier alpha value is -2.50. The van der Waals surface area contributed by atoms with Crippen LogP contribution in [0.5, 0.6) is 17.4 Å². The molecule has 0 amide bonds. The molecule has 0 radical (unpaired) electrons. The van der Waals surface area contributed by atoms with Gasteiger partial charge in [0.1, 0.15) is 11.5 Å². The van der Waals surface area contributed by atoms with Crippen molar-refractivity contribution in [3.63, 3.8) is 0 Å². The Kier molecular flexibility index (Phi) is 6.26. The second-order valence-corrected chi connectivity index (χ2v) is 8.83. The number of nitrogens with two attached hydrogens (primary N) is 1. The fourth-order valence-corrected chi connectivity index (χ4v) is 4.75. The van der Waals surface area contributed by atoms with Crippen molar-refractivity contribution in [3.05, 3.63) is 59.2 Å². The Morgan fingerprint density at radius 3 is 2.35 bits per heavy atom. The van der Waals surface area contributed by atoms with Gasteiger partial charge in [-0.25, -0.2) is 4.98 Å². The third kappa shape index (κ3) is 4.43. The van der Waals surface area contributed by atoms with Gasteiger partial charge in [-0.15, -0.1) is 0 Å². The van der Waals surface area contributed by atoms with Crippen molar-refractivity contribution in [3.8, 4) is 17.4 Å². The SMILES string of the molecule is COc1ccc(C(C)(N)C2CCC(Oc3cc4ccnc(OC)c4cc3Cl)CC2)cc1. The molecule has 0 bridgehead atoms. The molecule has 1 fully saturated rings.